The van der Waals surface area contributed by atoms with E-state index >= 15 is 0 Å². The second kappa shape index (κ2) is 20.3. The van der Waals surface area contributed by atoms with Crippen molar-refractivity contribution in [1.29, 1.82) is 0 Å². The van der Waals surface area contributed by atoms with Gasteiger partial charge in [0.05, 0.1) is 0 Å². The van der Waals surface area contributed by atoms with Crippen molar-refractivity contribution < 1.29 is 4.79 Å². The van der Waals surface area contributed by atoms with E-state index in [4.69, 9.17) is 5.73 Å². The first kappa shape index (κ1) is 23.2. The fourth-order valence-corrected chi connectivity index (χ4v) is 3.08. The number of hydrogen-bond donors (Lipinski definition) is 1. The third kappa shape index (κ3) is 21.2. The smallest absolute Gasteiger partial charge is 0.217 e. The Morgan fingerprint density at radius 2 is 1.00 bits per heavy atom. The molecule has 2 heteroatoms. The van der Waals surface area contributed by atoms with Gasteiger partial charge in [0.2, 0.25) is 5.91 Å². The maximum absolute atomic E-state index is 10.6. The molecular formula is C22H43NO. The molecule has 0 spiro atoms. The third-order valence-corrected chi connectivity index (χ3v) is 4.68. The molecule has 0 aliphatic rings. The normalized spacial score (nSPS) is 11.4. The third-order valence-electron chi connectivity index (χ3n) is 4.68. The molecule has 0 aromatic heterocycles. The van der Waals surface area contributed by atoms with Crippen molar-refractivity contribution in [1.82, 2.24) is 0 Å². The molecule has 0 rings (SSSR count). The predicted octanol–water partition coefficient (Wildman–Crippen LogP) is 7.07. The Bertz CT molecular complexity index is 286. The fraction of sp³-hybridized carbons (Fsp3) is 0.864. The van der Waals surface area contributed by atoms with Gasteiger partial charge in [-0.2, -0.15) is 0 Å². The van der Waals surface area contributed by atoms with Crippen molar-refractivity contribution in [2.75, 3.05) is 0 Å². The van der Waals surface area contributed by atoms with E-state index in [0.717, 1.165) is 12.8 Å². The van der Waals surface area contributed by atoms with Gasteiger partial charge in [-0.1, -0.05) is 96.1 Å². The van der Waals surface area contributed by atoms with Gasteiger partial charge in [0.15, 0.2) is 0 Å². The lowest BCUT2D eigenvalue weighted by Gasteiger charge is -2.01. The van der Waals surface area contributed by atoms with Crippen LogP contribution in [0.2, 0.25) is 0 Å². The highest BCUT2D eigenvalue weighted by atomic mass is 16.1. The van der Waals surface area contributed by atoms with Crippen LogP contribution in [0.15, 0.2) is 12.2 Å². The Balaban J connectivity index is 3.07. The summed E-state index contributed by atoms with van der Waals surface area (Å²) >= 11 is 0. The van der Waals surface area contributed by atoms with Gasteiger partial charge in [0, 0.05) is 6.42 Å². The lowest BCUT2D eigenvalue weighted by molar-refractivity contribution is -0.118. The zero-order valence-electron chi connectivity index (χ0n) is 16.4. The molecule has 0 aromatic carbocycles. The summed E-state index contributed by atoms with van der Waals surface area (Å²) in [7, 11) is 0. The van der Waals surface area contributed by atoms with Crippen molar-refractivity contribution in [3.8, 4) is 0 Å². The van der Waals surface area contributed by atoms with E-state index in [2.05, 4.69) is 19.1 Å². The number of rotatable bonds is 19. The molecule has 2 nitrogen and oxygen atoms in total. The summed E-state index contributed by atoms with van der Waals surface area (Å²) in [6, 6.07) is 0. The molecule has 0 aliphatic heterocycles. The second-order valence-electron chi connectivity index (χ2n) is 7.21. The van der Waals surface area contributed by atoms with Crippen molar-refractivity contribution in [3.05, 3.63) is 12.2 Å². The van der Waals surface area contributed by atoms with Crippen LogP contribution < -0.4 is 5.73 Å². The molecule has 0 aromatic rings. The number of nitrogens with two attached hydrogens (primary N) is 1. The van der Waals surface area contributed by atoms with Gasteiger partial charge in [-0.25, -0.2) is 0 Å². The molecule has 24 heavy (non-hydrogen) atoms. The zero-order chi connectivity index (χ0) is 17.7. The second-order valence-corrected chi connectivity index (χ2v) is 7.21. The average molecular weight is 338 g/mol. The maximum Gasteiger partial charge on any atom is 0.217 e. The fourth-order valence-electron chi connectivity index (χ4n) is 3.08. The van der Waals surface area contributed by atoms with Gasteiger partial charge in [-0.3, -0.25) is 4.79 Å². The van der Waals surface area contributed by atoms with Gasteiger partial charge in [0.1, 0.15) is 0 Å². The van der Waals surface area contributed by atoms with E-state index in [1.54, 1.807) is 0 Å². The summed E-state index contributed by atoms with van der Waals surface area (Å²) < 4.78 is 0. The molecule has 0 radical (unpaired) electrons. The largest absolute Gasteiger partial charge is 0.370 e. The van der Waals surface area contributed by atoms with Crippen molar-refractivity contribution in [2.45, 2.75) is 122 Å². The van der Waals surface area contributed by atoms with Crippen LogP contribution in [0, 0.1) is 0 Å². The zero-order valence-corrected chi connectivity index (χ0v) is 16.4. The Labute approximate surface area is 151 Å². The van der Waals surface area contributed by atoms with E-state index in [1.165, 1.54) is 96.3 Å². The Morgan fingerprint density at radius 3 is 1.42 bits per heavy atom. The SMILES string of the molecule is CCCCCCCCCCCCC=CCCCCCCCC(N)=O. The van der Waals surface area contributed by atoms with Crippen molar-refractivity contribution >= 4 is 5.91 Å². The van der Waals surface area contributed by atoms with Crippen LogP contribution in [-0.2, 0) is 4.79 Å². The molecule has 0 unspecified atom stereocenters. The predicted molar refractivity (Wildman–Crippen MR) is 107 cm³/mol. The lowest BCUT2D eigenvalue weighted by Crippen LogP contribution is -2.09. The van der Waals surface area contributed by atoms with Gasteiger partial charge >= 0.3 is 0 Å². The molecule has 0 saturated heterocycles. The summed E-state index contributed by atoms with van der Waals surface area (Å²) in [5, 5.41) is 0. The molecule has 0 heterocycles. The minimum absolute atomic E-state index is 0.162. The summed E-state index contributed by atoms with van der Waals surface area (Å²) in [6.07, 6.45) is 27.8. The maximum atomic E-state index is 10.6. The van der Waals surface area contributed by atoms with Gasteiger partial charge in [-0.05, 0) is 32.1 Å². The Hall–Kier alpha value is -0.790. The van der Waals surface area contributed by atoms with E-state index in [9.17, 15) is 4.79 Å². The Morgan fingerprint density at radius 1 is 0.625 bits per heavy atom. The quantitative estimate of drug-likeness (QED) is 0.199. The highest BCUT2D eigenvalue weighted by Crippen LogP contribution is 2.12. The summed E-state index contributed by atoms with van der Waals surface area (Å²) in [5.74, 6) is -0.162. The van der Waals surface area contributed by atoms with Crippen molar-refractivity contribution in [3.63, 3.8) is 0 Å². The summed E-state index contributed by atoms with van der Waals surface area (Å²) in [6.45, 7) is 2.28. The van der Waals surface area contributed by atoms with Crippen LogP contribution in [0.3, 0.4) is 0 Å². The molecule has 0 atom stereocenters. The molecule has 142 valence electrons. The highest BCUT2D eigenvalue weighted by molar-refractivity contribution is 5.73. The Kier molecular flexibility index (Phi) is 19.6. The number of primary amides is 1. The van der Waals surface area contributed by atoms with Crippen LogP contribution in [0.4, 0.5) is 0 Å². The van der Waals surface area contributed by atoms with Crippen LogP contribution in [0.25, 0.3) is 0 Å². The monoisotopic (exact) mass is 337 g/mol. The molecule has 2 N–H and O–H groups in total. The van der Waals surface area contributed by atoms with E-state index < -0.39 is 0 Å². The average Bonchev–Trinajstić information content (AvgIpc) is 2.56. The molecule has 1 amide bonds. The first-order valence-electron chi connectivity index (χ1n) is 10.7. The molecule has 0 saturated carbocycles. The molecule has 0 fully saturated rings. The number of carbonyl (C=O) groups is 1. The van der Waals surface area contributed by atoms with E-state index in [-0.39, 0.29) is 5.91 Å². The molecular weight excluding hydrogens is 294 g/mol. The van der Waals surface area contributed by atoms with Crippen LogP contribution in [0.1, 0.15) is 122 Å². The number of unbranched alkanes of at least 4 members (excludes halogenated alkanes) is 15. The van der Waals surface area contributed by atoms with E-state index in [1.807, 2.05) is 0 Å². The van der Waals surface area contributed by atoms with Gasteiger partial charge in [-0.15, -0.1) is 0 Å². The first-order valence-corrected chi connectivity index (χ1v) is 10.7. The van der Waals surface area contributed by atoms with E-state index in [0.29, 0.717) is 6.42 Å². The molecule has 0 aliphatic carbocycles. The van der Waals surface area contributed by atoms with Crippen molar-refractivity contribution in [2.24, 2.45) is 5.73 Å². The van der Waals surface area contributed by atoms with Gasteiger partial charge in [0.25, 0.3) is 0 Å². The standard InChI is InChI=1S/C22H43NO/c1-2-3-4-5-6-7-8-9-10-11-12-13-14-15-16-17-18-19-20-21-22(23)24/h13-14H,2-12,15-21H2,1H3,(H2,23,24). The minimum atomic E-state index is -0.162. The number of amides is 1. The molecule has 0 bridgehead atoms. The summed E-state index contributed by atoms with van der Waals surface area (Å²) in [5.41, 5.74) is 5.12. The van der Waals surface area contributed by atoms with Gasteiger partial charge < -0.3 is 5.73 Å². The number of carbonyl (C=O) groups excluding carboxylic acids is 1. The topological polar surface area (TPSA) is 43.1 Å². The number of allylic oxidation sites excluding steroid dienone is 2. The first-order chi connectivity index (χ1) is 11.8. The van der Waals surface area contributed by atoms with Crippen LogP contribution in [0.5, 0.6) is 0 Å². The minimum Gasteiger partial charge on any atom is -0.370 e. The lowest BCUT2D eigenvalue weighted by atomic mass is 10.1. The van der Waals surface area contributed by atoms with Crippen LogP contribution >= 0.6 is 0 Å². The number of hydrogen-bond acceptors (Lipinski definition) is 1. The summed E-state index contributed by atoms with van der Waals surface area (Å²) in [4.78, 5) is 10.6. The highest BCUT2D eigenvalue weighted by Gasteiger charge is 1.94. The van der Waals surface area contributed by atoms with Crippen LogP contribution in [-0.4, -0.2) is 5.91 Å².